The summed E-state index contributed by atoms with van der Waals surface area (Å²) in [6, 6.07) is 9.93. The molecule has 0 radical (unpaired) electrons. The third kappa shape index (κ3) is 2.31. The fourth-order valence-corrected chi connectivity index (χ4v) is 1.62. The molecule has 0 amide bonds. The van der Waals surface area contributed by atoms with E-state index in [4.69, 9.17) is 9.47 Å². The molecule has 0 unspecified atom stereocenters. The van der Waals surface area contributed by atoms with Crippen molar-refractivity contribution in [2.24, 2.45) is 0 Å². The standard InChI is InChI=1S/C13H15NO2/c1-10-9-13(16-8-7-15-2)11-5-3-4-6-12(11)14-10/h3-6,9H,7-8H2,1-2H3. The average molecular weight is 217 g/mol. The van der Waals surface area contributed by atoms with E-state index in [2.05, 4.69) is 4.98 Å². The molecule has 3 heteroatoms. The van der Waals surface area contributed by atoms with Crippen LogP contribution in [0.5, 0.6) is 5.75 Å². The van der Waals surface area contributed by atoms with Crippen molar-refractivity contribution in [3.63, 3.8) is 0 Å². The minimum absolute atomic E-state index is 0.559. The maximum atomic E-state index is 5.68. The van der Waals surface area contributed by atoms with Gasteiger partial charge < -0.3 is 9.47 Å². The predicted molar refractivity (Wildman–Crippen MR) is 63.9 cm³/mol. The van der Waals surface area contributed by atoms with Crippen molar-refractivity contribution >= 4 is 10.9 Å². The van der Waals surface area contributed by atoms with Crippen LogP contribution >= 0.6 is 0 Å². The highest BCUT2D eigenvalue weighted by atomic mass is 16.5. The number of rotatable bonds is 4. The van der Waals surface area contributed by atoms with E-state index >= 15 is 0 Å². The van der Waals surface area contributed by atoms with Crippen molar-refractivity contribution in [3.05, 3.63) is 36.0 Å². The number of methoxy groups -OCH3 is 1. The molecular formula is C13H15NO2. The van der Waals surface area contributed by atoms with Crippen LogP contribution < -0.4 is 4.74 Å². The number of hydrogen-bond acceptors (Lipinski definition) is 3. The topological polar surface area (TPSA) is 31.4 Å². The Labute approximate surface area is 95.0 Å². The fraction of sp³-hybridized carbons (Fsp3) is 0.308. The molecule has 0 saturated carbocycles. The van der Waals surface area contributed by atoms with Gasteiger partial charge in [0.2, 0.25) is 0 Å². The third-order valence-electron chi connectivity index (χ3n) is 2.35. The maximum Gasteiger partial charge on any atom is 0.130 e. The maximum absolute atomic E-state index is 5.68. The SMILES string of the molecule is COCCOc1cc(C)nc2ccccc12. The molecule has 2 rings (SSSR count). The van der Waals surface area contributed by atoms with Crippen molar-refractivity contribution in [1.82, 2.24) is 4.98 Å². The van der Waals surface area contributed by atoms with Gasteiger partial charge in [-0.3, -0.25) is 4.98 Å². The highest BCUT2D eigenvalue weighted by Gasteiger charge is 2.03. The molecule has 0 saturated heterocycles. The first-order valence-electron chi connectivity index (χ1n) is 5.29. The number of fused-ring (bicyclic) bond motifs is 1. The molecule has 0 aliphatic heterocycles. The molecule has 0 aliphatic rings. The smallest absolute Gasteiger partial charge is 0.130 e. The van der Waals surface area contributed by atoms with Crippen LogP contribution in [0.3, 0.4) is 0 Å². The molecule has 1 heterocycles. The Balaban J connectivity index is 2.34. The van der Waals surface area contributed by atoms with Gasteiger partial charge >= 0.3 is 0 Å². The van der Waals surface area contributed by atoms with Crippen LogP contribution in [-0.2, 0) is 4.74 Å². The van der Waals surface area contributed by atoms with Gasteiger partial charge in [0.1, 0.15) is 12.4 Å². The molecule has 2 aromatic rings. The van der Waals surface area contributed by atoms with E-state index in [1.54, 1.807) is 7.11 Å². The minimum atomic E-state index is 0.559. The second kappa shape index (κ2) is 4.94. The Morgan fingerprint density at radius 3 is 2.81 bits per heavy atom. The zero-order valence-corrected chi connectivity index (χ0v) is 9.56. The summed E-state index contributed by atoms with van der Waals surface area (Å²) in [5.41, 5.74) is 1.93. The summed E-state index contributed by atoms with van der Waals surface area (Å²) in [7, 11) is 1.67. The Hall–Kier alpha value is -1.61. The van der Waals surface area contributed by atoms with Gasteiger partial charge in [0.15, 0.2) is 0 Å². The summed E-state index contributed by atoms with van der Waals surface area (Å²) < 4.78 is 10.6. The number of pyridine rings is 1. The fourth-order valence-electron chi connectivity index (χ4n) is 1.62. The van der Waals surface area contributed by atoms with Crippen molar-refractivity contribution in [2.75, 3.05) is 20.3 Å². The van der Waals surface area contributed by atoms with Crippen molar-refractivity contribution in [2.45, 2.75) is 6.92 Å². The van der Waals surface area contributed by atoms with Gasteiger partial charge in [-0.1, -0.05) is 12.1 Å². The lowest BCUT2D eigenvalue weighted by Gasteiger charge is -2.09. The lowest BCUT2D eigenvalue weighted by atomic mass is 10.2. The van der Waals surface area contributed by atoms with E-state index in [1.165, 1.54) is 0 Å². The molecule has 0 bridgehead atoms. The lowest BCUT2D eigenvalue weighted by Crippen LogP contribution is -2.05. The lowest BCUT2D eigenvalue weighted by molar-refractivity contribution is 0.147. The van der Waals surface area contributed by atoms with Crippen LogP contribution in [0.15, 0.2) is 30.3 Å². The number of aromatic nitrogens is 1. The molecular weight excluding hydrogens is 202 g/mol. The van der Waals surface area contributed by atoms with Gasteiger partial charge in [-0.05, 0) is 19.1 Å². The Morgan fingerprint density at radius 2 is 2.00 bits per heavy atom. The first-order chi connectivity index (χ1) is 7.81. The zero-order chi connectivity index (χ0) is 11.4. The Bertz CT molecular complexity index is 482. The predicted octanol–water partition coefficient (Wildman–Crippen LogP) is 2.57. The number of ether oxygens (including phenoxy) is 2. The average Bonchev–Trinajstić information content (AvgIpc) is 2.29. The summed E-state index contributed by atoms with van der Waals surface area (Å²) in [5.74, 6) is 0.875. The third-order valence-corrected chi connectivity index (χ3v) is 2.35. The second-order valence-electron chi connectivity index (χ2n) is 3.62. The molecule has 3 nitrogen and oxygen atoms in total. The number of para-hydroxylation sites is 1. The largest absolute Gasteiger partial charge is 0.490 e. The van der Waals surface area contributed by atoms with Crippen molar-refractivity contribution in [1.29, 1.82) is 0 Å². The van der Waals surface area contributed by atoms with Crippen LogP contribution in [0, 0.1) is 6.92 Å². The Kier molecular flexibility index (Phi) is 3.37. The number of nitrogens with zero attached hydrogens (tertiary/aromatic N) is 1. The molecule has 0 fully saturated rings. The highest BCUT2D eigenvalue weighted by Crippen LogP contribution is 2.24. The highest BCUT2D eigenvalue weighted by molar-refractivity contribution is 5.85. The van der Waals surface area contributed by atoms with Gasteiger partial charge in [-0.25, -0.2) is 0 Å². The first kappa shape index (κ1) is 10.9. The van der Waals surface area contributed by atoms with Crippen LogP contribution in [0.4, 0.5) is 0 Å². The quantitative estimate of drug-likeness (QED) is 0.737. The Morgan fingerprint density at radius 1 is 1.19 bits per heavy atom. The zero-order valence-electron chi connectivity index (χ0n) is 9.56. The van der Waals surface area contributed by atoms with Crippen LogP contribution in [0.1, 0.15) is 5.69 Å². The van der Waals surface area contributed by atoms with E-state index in [9.17, 15) is 0 Å². The van der Waals surface area contributed by atoms with E-state index in [-0.39, 0.29) is 0 Å². The van der Waals surface area contributed by atoms with Gasteiger partial charge in [0.05, 0.1) is 12.1 Å². The number of hydrogen-bond donors (Lipinski definition) is 0. The number of aryl methyl sites for hydroxylation is 1. The summed E-state index contributed by atoms with van der Waals surface area (Å²) in [5, 5.41) is 1.05. The summed E-state index contributed by atoms with van der Waals surface area (Å²) in [4.78, 5) is 4.45. The molecule has 0 N–H and O–H groups in total. The van der Waals surface area contributed by atoms with E-state index in [0.717, 1.165) is 22.3 Å². The molecule has 0 aliphatic carbocycles. The minimum Gasteiger partial charge on any atom is -0.490 e. The number of benzene rings is 1. The molecule has 84 valence electrons. The van der Waals surface area contributed by atoms with Crippen molar-refractivity contribution in [3.8, 4) is 5.75 Å². The van der Waals surface area contributed by atoms with Crippen molar-refractivity contribution < 1.29 is 9.47 Å². The van der Waals surface area contributed by atoms with Gasteiger partial charge in [-0.2, -0.15) is 0 Å². The first-order valence-corrected chi connectivity index (χ1v) is 5.29. The summed E-state index contributed by atoms with van der Waals surface area (Å²) in [6.45, 7) is 3.12. The molecule has 0 spiro atoms. The summed E-state index contributed by atoms with van der Waals surface area (Å²) >= 11 is 0. The van der Waals surface area contributed by atoms with Crippen LogP contribution in [0.25, 0.3) is 10.9 Å². The monoisotopic (exact) mass is 217 g/mol. The van der Waals surface area contributed by atoms with E-state index < -0.39 is 0 Å². The van der Waals surface area contributed by atoms with Gasteiger partial charge in [-0.15, -0.1) is 0 Å². The summed E-state index contributed by atoms with van der Waals surface area (Å²) in [6.07, 6.45) is 0. The second-order valence-corrected chi connectivity index (χ2v) is 3.62. The molecule has 16 heavy (non-hydrogen) atoms. The molecule has 0 atom stereocenters. The van der Waals surface area contributed by atoms with E-state index in [1.807, 2.05) is 37.3 Å². The van der Waals surface area contributed by atoms with Crippen LogP contribution in [-0.4, -0.2) is 25.3 Å². The van der Waals surface area contributed by atoms with Gasteiger partial charge in [0.25, 0.3) is 0 Å². The normalized spacial score (nSPS) is 10.6. The van der Waals surface area contributed by atoms with E-state index in [0.29, 0.717) is 13.2 Å². The van der Waals surface area contributed by atoms with Crippen LogP contribution in [0.2, 0.25) is 0 Å². The van der Waals surface area contributed by atoms with Gasteiger partial charge in [0, 0.05) is 24.3 Å². The molecule has 1 aromatic heterocycles. The molecule has 1 aromatic carbocycles.